The molecule has 0 saturated carbocycles. The van der Waals surface area contributed by atoms with Gasteiger partial charge in [-0.25, -0.2) is 0 Å². The molecular formula is C20H21N5O. The van der Waals surface area contributed by atoms with E-state index in [0.29, 0.717) is 19.6 Å². The van der Waals surface area contributed by atoms with Gasteiger partial charge in [0.05, 0.1) is 6.54 Å². The summed E-state index contributed by atoms with van der Waals surface area (Å²) in [6.45, 7) is 3.42. The number of carbonyl (C=O) groups excluding carboxylic acids is 1. The smallest absolute Gasteiger partial charge is 0.247 e. The maximum Gasteiger partial charge on any atom is 0.247 e. The predicted molar refractivity (Wildman–Crippen MR) is 98.9 cm³/mol. The molecule has 1 aromatic heterocycles. The van der Waals surface area contributed by atoms with Crippen molar-refractivity contribution in [1.29, 1.82) is 0 Å². The second-order valence-corrected chi connectivity index (χ2v) is 6.75. The van der Waals surface area contributed by atoms with E-state index in [1.165, 1.54) is 0 Å². The van der Waals surface area contributed by atoms with Crippen LogP contribution in [0.1, 0.15) is 18.3 Å². The number of rotatable bonds is 3. The molecule has 1 amide bonds. The minimum absolute atomic E-state index is 0.0980. The van der Waals surface area contributed by atoms with E-state index in [4.69, 9.17) is 5.73 Å². The third kappa shape index (κ3) is 2.78. The molecule has 2 aromatic carbocycles. The zero-order chi connectivity index (χ0) is 18.1. The second-order valence-electron chi connectivity index (χ2n) is 6.75. The first-order chi connectivity index (χ1) is 12.6. The third-order valence-electron chi connectivity index (χ3n) is 4.89. The van der Waals surface area contributed by atoms with E-state index in [-0.39, 0.29) is 5.91 Å². The van der Waals surface area contributed by atoms with Crippen LogP contribution in [0.4, 0.5) is 0 Å². The van der Waals surface area contributed by atoms with Crippen LogP contribution in [0.25, 0.3) is 11.4 Å². The number of fused-ring (bicyclic) bond motifs is 1. The molecule has 3 aromatic rings. The highest BCUT2D eigenvalue weighted by Gasteiger charge is 2.36. The Morgan fingerprint density at radius 3 is 2.35 bits per heavy atom. The van der Waals surface area contributed by atoms with E-state index in [0.717, 1.165) is 22.8 Å². The van der Waals surface area contributed by atoms with Crippen molar-refractivity contribution in [2.24, 2.45) is 5.73 Å². The Hall–Kier alpha value is -2.99. The van der Waals surface area contributed by atoms with Crippen molar-refractivity contribution in [3.8, 4) is 11.4 Å². The first kappa shape index (κ1) is 16.5. The first-order valence-electron chi connectivity index (χ1n) is 8.68. The quantitative estimate of drug-likeness (QED) is 0.788. The van der Waals surface area contributed by atoms with Gasteiger partial charge in [0.15, 0.2) is 11.6 Å². The van der Waals surface area contributed by atoms with Gasteiger partial charge in [-0.05, 0) is 12.5 Å². The minimum atomic E-state index is -1.06. The van der Waals surface area contributed by atoms with Gasteiger partial charge >= 0.3 is 0 Å². The third-order valence-corrected chi connectivity index (χ3v) is 4.89. The van der Waals surface area contributed by atoms with Gasteiger partial charge in [-0.1, -0.05) is 60.7 Å². The van der Waals surface area contributed by atoms with E-state index < -0.39 is 5.54 Å². The number of nitrogens with zero attached hydrogens (tertiary/aromatic N) is 4. The zero-order valence-electron chi connectivity index (χ0n) is 14.7. The lowest BCUT2D eigenvalue weighted by atomic mass is 9.91. The number of amides is 1. The van der Waals surface area contributed by atoms with E-state index in [9.17, 15) is 4.79 Å². The SMILES string of the molecule is CC(N)(C(=O)N1CCn2c(nnc2-c2ccccc2)C1)c1ccccc1. The highest BCUT2D eigenvalue weighted by Crippen LogP contribution is 2.25. The number of benzene rings is 2. The van der Waals surface area contributed by atoms with Crippen LogP contribution in [0, 0.1) is 0 Å². The maximum absolute atomic E-state index is 13.1. The van der Waals surface area contributed by atoms with Crippen LogP contribution >= 0.6 is 0 Å². The Balaban J connectivity index is 1.58. The Kier molecular flexibility index (Phi) is 4.05. The van der Waals surface area contributed by atoms with Gasteiger partial charge in [0, 0.05) is 18.7 Å². The fraction of sp³-hybridized carbons (Fsp3) is 0.250. The molecule has 0 spiro atoms. The van der Waals surface area contributed by atoms with Crippen LogP contribution in [-0.4, -0.2) is 32.1 Å². The van der Waals surface area contributed by atoms with Gasteiger partial charge in [-0.15, -0.1) is 10.2 Å². The molecule has 0 aliphatic carbocycles. The number of carbonyl (C=O) groups is 1. The van der Waals surface area contributed by atoms with Crippen LogP contribution in [-0.2, 0) is 23.4 Å². The fourth-order valence-electron chi connectivity index (χ4n) is 3.37. The highest BCUT2D eigenvalue weighted by molar-refractivity contribution is 5.87. The van der Waals surface area contributed by atoms with Gasteiger partial charge in [0.2, 0.25) is 5.91 Å². The molecule has 1 atom stereocenters. The fourth-order valence-corrected chi connectivity index (χ4v) is 3.37. The zero-order valence-corrected chi connectivity index (χ0v) is 14.7. The summed E-state index contributed by atoms with van der Waals surface area (Å²) >= 11 is 0. The Bertz CT molecular complexity index is 918. The lowest BCUT2D eigenvalue weighted by molar-refractivity contribution is -0.138. The summed E-state index contributed by atoms with van der Waals surface area (Å²) in [7, 11) is 0. The summed E-state index contributed by atoms with van der Waals surface area (Å²) in [6, 6.07) is 19.4. The molecule has 0 saturated heterocycles. The Labute approximate surface area is 152 Å². The molecule has 4 rings (SSSR count). The van der Waals surface area contributed by atoms with Crippen molar-refractivity contribution in [2.75, 3.05) is 6.54 Å². The molecular weight excluding hydrogens is 326 g/mol. The molecule has 2 N–H and O–H groups in total. The molecule has 1 aliphatic heterocycles. The van der Waals surface area contributed by atoms with Crippen LogP contribution in [0.3, 0.4) is 0 Å². The second kappa shape index (κ2) is 6.38. The van der Waals surface area contributed by atoms with Crippen molar-refractivity contribution < 1.29 is 4.79 Å². The number of nitrogens with two attached hydrogens (primary N) is 1. The molecule has 26 heavy (non-hydrogen) atoms. The van der Waals surface area contributed by atoms with Crippen LogP contribution in [0.2, 0.25) is 0 Å². The predicted octanol–water partition coefficient (Wildman–Crippen LogP) is 2.16. The number of hydrogen-bond acceptors (Lipinski definition) is 4. The van der Waals surface area contributed by atoms with E-state index in [2.05, 4.69) is 14.8 Å². The molecule has 0 radical (unpaired) electrons. The normalized spacial score (nSPS) is 16.0. The van der Waals surface area contributed by atoms with E-state index in [1.54, 1.807) is 11.8 Å². The lowest BCUT2D eigenvalue weighted by Gasteiger charge is -2.34. The molecule has 1 unspecified atom stereocenters. The van der Waals surface area contributed by atoms with Crippen molar-refractivity contribution >= 4 is 5.91 Å². The van der Waals surface area contributed by atoms with Crippen LogP contribution in [0.15, 0.2) is 60.7 Å². The van der Waals surface area contributed by atoms with Crippen molar-refractivity contribution in [1.82, 2.24) is 19.7 Å². The molecule has 6 nitrogen and oxygen atoms in total. The highest BCUT2D eigenvalue weighted by atomic mass is 16.2. The maximum atomic E-state index is 13.1. The van der Waals surface area contributed by atoms with Crippen molar-refractivity contribution in [3.05, 3.63) is 72.1 Å². The van der Waals surface area contributed by atoms with Gasteiger partial charge in [0.1, 0.15) is 5.54 Å². The van der Waals surface area contributed by atoms with Gasteiger partial charge < -0.3 is 15.2 Å². The summed E-state index contributed by atoms with van der Waals surface area (Å²) < 4.78 is 2.08. The molecule has 6 heteroatoms. The standard InChI is InChI=1S/C20H21N5O/c1-20(21,16-10-6-3-7-11-16)19(26)24-12-13-25-17(14-24)22-23-18(25)15-8-4-2-5-9-15/h2-11H,12-14,21H2,1H3. The Morgan fingerprint density at radius 2 is 1.65 bits per heavy atom. The molecule has 132 valence electrons. The van der Waals surface area contributed by atoms with Crippen LogP contribution in [0.5, 0.6) is 0 Å². The summed E-state index contributed by atoms with van der Waals surface area (Å²) in [5.41, 5.74) is 7.17. The largest absolute Gasteiger partial charge is 0.331 e. The summed E-state index contributed by atoms with van der Waals surface area (Å²) in [5, 5.41) is 8.62. The van der Waals surface area contributed by atoms with Crippen LogP contribution < -0.4 is 5.73 Å². The van der Waals surface area contributed by atoms with Gasteiger partial charge in [-0.3, -0.25) is 4.79 Å². The summed E-state index contributed by atoms with van der Waals surface area (Å²) in [4.78, 5) is 14.8. The summed E-state index contributed by atoms with van der Waals surface area (Å²) in [5.74, 6) is 1.53. The molecule has 0 bridgehead atoms. The molecule has 0 fully saturated rings. The first-order valence-corrected chi connectivity index (χ1v) is 8.68. The van der Waals surface area contributed by atoms with Gasteiger partial charge in [-0.2, -0.15) is 0 Å². The van der Waals surface area contributed by atoms with Crippen molar-refractivity contribution in [3.63, 3.8) is 0 Å². The van der Waals surface area contributed by atoms with E-state index >= 15 is 0 Å². The average Bonchev–Trinajstić information content (AvgIpc) is 3.12. The summed E-state index contributed by atoms with van der Waals surface area (Å²) in [6.07, 6.45) is 0. The number of hydrogen-bond donors (Lipinski definition) is 1. The number of aromatic nitrogens is 3. The van der Waals surface area contributed by atoms with E-state index in [1.807, 2.05) is 60.7 Å². The molecule has 2 heterocycles. The minimum Gasteiger partial charge on any atom is -0.331 e. The topological polar surface area (TPSA) is 77.0 Å². The Morgan fingerprint density at radius 1 is 1.00 bits per heavy atom. The lowest BCUT2D eigenvalue weighted by Crippen LogP contribution is -2.52. The van der Waals surface area contributed by atoms with Gasteiger partial charge in [0.25, 0.3) is 0 Å². The van der Waals surface area contributed by atoms with Crippen molar-refractivity contribution in [2.45, 2.75) is 25.6 Å². The monoisotopic (exact) mass is 347 g/mol. The molecule has 1 aliphatic rings. The average molecular weight is 347 g/mol.